The van der Waals surface area contributed by atoms with E-state index in [0.717, 1.165) is 48.9 Å². The first-order valence-electron chi connectivity index (χ1n) is 13.0. The average Bonchev–Trinajstić information content (AvgIpc) is 3.39. The number of nitrogens with zero attached hydrogens (tertiary/aromatic N) is 1. The fourth-order valence-corrected chi connectivity index (χ4v) is 3.98. The van der Waals surface area contributed by atoms with Gasteiger partial charge in [0.2, 0.25) is 0 Å². The van der Waals surface area contributed by atoms with Crippen LogP contribution in [0.15, 0.2) is 55.3 Å². The van der Waals surface area contributed by atoms with Crippen molar-refractivity contribution in [3.8, 4) is 11.3 Å². The molecule has 1 aliphatic rings. The lowest BCUT2D eigenvalue weighted by molar-refractivity contribution is -0.163. The number of pyridine rings is 1. The van der Waals surface area contributed by atoms with Crippen molar-refractivity contribution in [2.24, 2.45) is 0 Å². The molecule has 2 heterocycles. The number of carbonyl (C=O) groups excluding carboxylic acids is 3. The number of rotatable bonds is 14. The van der Waals surface area contributed by atoms with Crippen molar-refractivity contribution in [3.63, 3.8) is 0 Å². The van der Waals surface area contributed by atoms with Crippen molar-refractivity contribution in [1.82, 2.24) is 4.98 Å². The van der Waals surface area contributed by atoms with Crippen LogP contribution in [0.5, 0.6) is 0 Å². The molecule has 9 nitrogen and oxygen atoms in total. The van der Waals surface area contributed by atoms with Crippen LogP contribution in [0.25, 0.3) is 11.3 Å². The summed E-state index contributed by atoms with van der Waals surface area (Å²) in [6.07, 6.45) is 4.62. The van der Waals surface area contributed by atoms with Crippen LogP contribution < -0.4 is 0 Å². The van der Waals surface area contributed by atoms with E-state index in [9.17, 15) is 14.4 Å². The molecule has 0 amide bonds. The van der Waals surface area contributed by atoms with E-state index in [1.807, 2.05) is 36.5 Å². The Balaban J connectivity index is 1.52. The zero-order valence-corrected chi connectivity index (χ0v) is 21.9. The van der Waals surface area contributed by atoms with E-state index >= 15 is 0 Å². The Morgan fingerprint density at radius 3 is 2.05 bits per heavy atom. The molecule has 0 spiro atoms. The molecule has 0 unspecified atom stereocenters. The molecule has 0 saturated carbocycles. The second-order valence-electron chi connectivity index (χ2n) is 8.66. The van der Waals surface area contributed by atoms with E-state index < -0.39 is 30.4 Å². The highest BCUT2D eigenvalue weighted by Crippen LogP contribution is 2.33. The van der Waals surface area contributed by atoms with Gasteiger partial charge in [0.1, 0.15) is 0 Å². The summed E-state index contributed by atoms with van der Waals surface area (Å²) in [5.41, 5.74) is 3.56. The van der Waals surface area contributed by atoms with Crippen LogP contribution in [-0.2, 0) is 44.5 Å². The van der Waals surface area contributed by atoms with Gasteiger partial charge in [-0.1, -0.05) is 49.8 Å². The minimum absolute atomic E-state index is 0.161. The Labute approximate surface area is 223 Å². The highest BCUT2D eigenvalue weighted by Gasteiger charge is 2.47. The van der Waals surface area contributed by atoms with E-state index in [1.165, 1.54) is 6.08 Å². The maximum Gasteiger partial charge on any atom is 0.338 e. The summed E-state index contributed by atoms with van der Waals surface area (Å²) in [7, 11) is 0. The number of esters is 3. The SMILES string of the molecule is C=CC(=O)OCCCCCCc1ccc(-c2ccc(C3O[C@@H](C(=O)OCC)[C@H](C(=O)OCC)O3)cc2)nc1. The third-order valence-corrected chi connectivity index (χ3v) is 5.93. The highest BCUT2D eigenvalue weighted by atomic mass is 16.8. The van der Waals surface area contributed by atoms with Gasteiger partial charge in [0.25, 0.3) is 0 Å². The topological polar surface area (TPSA) is 110 Å². The molecular formula is C29H35NO8. The number of aryl methyl sites for hydroxylation is 1. The van der Waals surface area contributed by atoms with Gasteiger partial charge in [-0.15, -0.1) is 0 Å². The lowest BCUT2D eigenvalue weighted by Gasteiger charge is -2.13. The van der Waals surface area contributed by atoms with E-state index in [-0.39, 0.29) is 19.2 Å². The van der Waals surface area contributed by atoms with Crippen molar-refractivity contribution >= 4 is 17.9 Å². The Bertz CT molecular complexity index is 1040. The zero-order chi connectivity index (χ0) is 27.3. The van der Waals surface area contributed by atoms with Gasteiger partial charge in [0.05, 0.1) is 25.5 Å². The zero-order valence-electron chi connectivity index (χ0n) is 21.9. The number of hydrogen-bond donors (Lipinski definition) is 0. The molecule has 1 aromatic carbocycles. The molecule has 3 rings (SSSR count). The predicted molar refractivity (Wildman–Crippen MR) is 139 cm³/mol. The lowest BCUT2D eigenvalue weighted by Crippen LogP contribution is -2.39. The first-order chi connectivity index (χ1) is 18.5. The largest absolute Gasteiger partial charge is 0.464 e. The molecule has 1 fully saturated rings. The van der Waals surface area contributed by atoms with Crippen LogP contribution in [0, 0.1) is 0 Å². The molecule has 0 radical (unpaired) electrons. The van der Waals surface area contributed by atoms with Gasteiger partial charge in [-0.25, -0.2) is 14.4 Å². The molecule has 0 N–H and O–H groups in total. The normalized spacial score (nSPS) is 17.1. The molecule has 0 aliphatic carbocycles. The molecule has 1 saturated heterocycles. The average molecular weight is 526 g/mol. The van der Waals surface area contributed by atoms with Crippen LogP contribution in [0.4, 0.5) is 0 Å². The second kappa shape index (κ2) is 15.0. The van der Waals surface area contributed by atoms with Gasteiger partial charge < -0.3 is 23.7 Å². The van der Waals surface area contributed by atoms with Crippen LogP contribution in [0.1, 0.15) is 56.9 Å². The van der Waals surface area contributed by atoms with Crippen LogP contribution in [0.3, 0.4) is 0 Å². The first-order valence-corrected chi connectivity index (χ1v) is 13.0. The van der Waals surface area contributed by atoms with Crippen LogP contribution >= 0.6 is 0 Å². The molecule has 204 valence electrons. The Kier molecular flexibility index (Phi) is 11.4. The Morgan fingerprint density at radius 1 is 0.868 bits per heavy atom. The van der Waals surface area contributed by atoms with Crippen LogP contribution in [0.2, 0.25) is 0 Å². The number of ether oxygens (including phenoxy) is 5. The molecule has 38 heavy (non-hydrogen) atoms. The number of benzene rings is 1. The predicted octanol–water partition coefficient (Wildman–Crippen LogP) is 4.49. The molecule has 2 atom stereocenters. The van der Waals surface area contributed by atoms with Gasteiger partial charge in [0, 0.05) is 23.4 Å². The minimum Gasteiger partial charge on any atom is -0.464 e. The van der Waals surface area contributed by atoms with Gasteiger partial charge in [-0.3, -0.25) is 4.98 Å². The summed E-state index contributed by atoms with van der Waals surface area (Å²) >= 11 is 0. The molecular weight excluding hydrogens is 490 g/mol. The van der Waals surface area contributed by atoms with Gasteiger partial charge >= 0.3 is 17.9 Å². The highest BCUT2D eigenvalue weighted by molar-refractivity contribution is 5.86. The third kappa shape index (κ3) is 8.22. The van der Waals surface area contributed by atoms with Crippen molar-refractivity contribution in [2.75, 3.05) is 19.8 Å². The summed E-state index contributed by atoms with van der Waals surface area (Å²) in [6, 6.07) is 11.5. The fourth-order valence-electron chi connectivity index (χ4n) is 3.98. The maximum absolute atomic E-state index is 12.3. The van der Waals surface area contributed by atoms with Gasteiger partial charge in [0.15, 0.2) is 18.5 Å². The molecule has 2 aromatic rings. The summed E-state index contributed by atoms with van der Waals surface area (Å²) < 4.78 is 26.5. The molecule has 1 aliphatic heterocycles. The van der Waals surface area contributed by atoms with Gasteiger partial charge in [-0.2, -0.15) is 0 Å². The third-order valence-electron chi connectivity index (χ3n) is 5.93. The van der Waals surface area contributed by atoms with Crippen molar-refractivity contribution in [2.45, 2.75) is 64.4 Å². The van der Waals surface area contributed by atoms with Crippen molar-refractivity contribution in [3.05, 3.63) is 66.4 Å². The quantitative estimate of drug-likeness (QED) is 0.152. The smallest absolute Gasteiger partial charge is 0.338 e. The molecule has 1 aromatic heterocycles. The van der Waals surface area contributed by atoms with Crippen molar-refractivity contribution < 1.29 is 38.1 Å². The minimum atomic E-state index is -1.19. The number of unbranched alkanes of at least 4 members (excludes halogenated alkanes) is 3. The van der Waals surface area contributed by atoms with Crippen LogP contribution in [-0.4, -0.2) is 54.9 Å². The second-order valence-corrected chi connectivity index (χ2v) is 8.66. The Hall–Kier alpha value is -3.56. The maximum atomic E-state index is 12.3. The summed E-state index contributed by atoms with van der Waals surface area (Å²) in [5, 5.41) is 0. The summed E-state index contributed by atoms with van der Waals surface area (Å²) in [4.78, 5) is 40.2. The Morgan fingerprint density at radius 2 is 1.50 bits per heavy atom. The first kappa shape index (κ1) is 29.0. The van der Waals surface area contributed by atoms with Crippen molar-refractivity contribution in [1.29, 1.82) is 0 Å². The van der Waals surface area contributed by atoms with E-state index in [1.54, 1.807) is 13.8 Å². The van der Waals surface area contributed by atoms with Gasteiger partial charge in [-0.05, 0) is 44.7 Å². The number of hydrogen-bond acceptors (Lipinski definition) is 9. The lowest BCUT2D eigenvalue weighted by atomic mass is 10.1. The fraction of sp³-hybridized carbons (Fsp3) is 0.448. The van der Waals surface area contributed by atoms with E-state index in [2.05, 4.69) is 17.6 Å². The molecule has 9 heteroatoms. The van der Waals surface area contributed by atoms with E-state index in [0.29, 0.717) is 12.2 Å². The monoisotopic (exact) mass is 525 g/mol. The van der Waals surface area contributed by atoms with E-state index in [4.69, 9.17) is 23.7 Å². The summed E-state index contributed by atoms with van der Waals surface area (Å²) in [5.74, 6) is -1.71. The standard InChI is InChI=1S/C29H35NO8/c1-4-24(31)36-18-10-8-7-9-11-20-12-17-23(30-19-20)21-13-15-22(16-14-21)29-37-25(27(32)34-5-2)26(38-29)28(33)35-6-3/h4,12-17,19,25-26,29H,1,5-11,18H2,2-3H3/t25-,26-/m1/s1. The number of aromatic nitrogens is 1. The molecule has 0 bridgehead atoms. The summed E-state index contributed by atoms with van der Waals surface area (Å²) in [6.45, 7) is 7.48. The number of carbonyl (C=O) groups is 3.